The van der Waals surface area contributed by atoms with E-state index in [1.54, 1.807) is 24.5 Å². The molecule has 31 heavy (non-hydrogen) atoms. The largest absolute Gasteiger partial charge is 0.497 e. The summed E-state index contributed by atoms with van der Waals surface area (Å²) in [6, 6.07) is 23.5. The zero-order valence-electron chi connectivity index (χ0n) is 17.3. The Morgan fingerprint density at radius 3 is 2.45 bits per heavy atom. The molecule has 0 aliphatic heterocycles. The van der Waals surface area contributed by atoms with Crippen molar-refractivity contribution >= 4 is 29.0 Å². The lowest BCUT2D eigenvalue weighted by atomic mass is 10.1. The van der Waals surface area contributed by atoms with Crippen LogP contribution in [0.15, 0.2) is 84.3 Å². The number of rotatable bonds is 6. The van der Waals surface area contributed by atoms with Crippen molar-refractivity contribution in [1.82, 2.24) is 4.98 Å². The average molecular weight is 427 g/mol. The normalized spacial score (nSPS) is 10.9. The first-order chi connectivity index (χ1) is 15.1. The standard InChI is InChI=1S/C26H22N2O2S/c1-18-5-3-4-6-23(18)26-28-24(17-31-26)20-10-12-21(13-11-20)27-25(29)16-9-19-7-14-22(30-2)15-8-19/h3-17H,1-2H3,(H,27,29)/b16-9+. The first-order valence-corrected chi connectivity index (χ1v) is 10.8. The zero-order chi connectivity index (χ0) is 21.6. The van der Waals surface area contributed by atoms with E-state index in [1.165, 1.54) is 11.6 Å². The first-order valence-electron chi connectivity index (χ1n) is 9.87. The van der Waals surface area contributed by atoms with Crippen LogP contribution in [0.5, 0.6) is 5.75 Å². The van der Waals surface area contributed by atoms with Crippen molar-refractivity contribution in [3.63, 3.8) is 0 Å². The number of anilines is 1. The van der Waals surface area contributed by atoms with Crippen molar-refractivity contribution in [2.45, 2.75) is 6.92 Å². The number of thiazole rings is 1. The Balaban J connectivity index is 1.41. The number of amides is 1. The van der Waals surface area contributed by atoms with Crippen LogP contribution in [0.1, 0.15) is 11.1 Å². The second-order valence-electron chi connectivity index (χ2n) is 7.03. The molecule has 0 fully saturated rings. The Morgan fingerprint density at radius 2 is 1.74 bits per heavy atom. The van der Waals surface area contributed by atoms with E-state index in [1.807, 2.05) is 60.7 Å². The van der Waals surface area contributed by atoms with Gasteiger partial charge in [-0.3, -0.25) is 4.79 Å². The highest BCUT2D eigenvalue weighted by molar-refractivity contribution is 7.13. The van der Waals surface area contributed by atoms with Crippen LogP contribution in [0.4, 0.5) is 5.69 Å². The fourth-order valence-corrected chi connectivity index (χ4v) is 4.06. The Bertz CT molecular complexity index is 1210. The fourth-order valence-electron chi connectivity index (χ4n) is 3.14. The van der Waals surface area contributed by atoms with Gasteiger partial charge in [0.05, 0.1) is 12.8 Å². The molecule has 0 aliphatic carbocycles. The van der Waals surface area contributed by atoms with Crippen LogP contribution in [-0.2, 0) is 4.79 Å². The fraction of sp³-hybridized carbons (Fsp3) is 0.0769. The second kappa shape index (κ2) is 9.41. The molecule has 0 radical (unpaired) electrons. The maximum Gasteiger partial charge on any atom is 0.248 e. The number of carbonyl (C=O) groups excluding carboxylic acids is 1. The van der Waals surface area contributed by atoms with E-state index in [0.29, 0.717) is 0 Å². The second-order valence-corrected chi connectivity index (χ2v) is 7.88. The van der Waals surface area contributed by atoms with Crippen LogP contribution in [0.2, 0.25) is 0 Å². The van der Waals surface area contributed by atoms with Gasteiger partial charge in [-0.05, 0) is 48.4 Å². The highest BCUT2D eigenvalue weighted by Gasteiger charge is 2.09. The van der Waals surface area contributed by atoms with Gasteiger partial charge >= 0.3 is 0 Å². The van der Waals surface area contributed by atoms with Crippen molar-refractivity contribution in [3.05, 3.63) is 95.4 Å². The van der Waals surface area contributed by atoms with Gasteiger partial charge in [0.25, 0.3) is 0 Å². The summed E-state index contributed by atoms with van der Waals surface area (Å²) in [5.74, 6) is 0.604. The van der Waals surface area contributed by atoms with Gasteiger partial charge in [0, 0.05) is 28.3 Å². The van der Waals surface area contributed by atoms with Crippen LogP contribution in [0, 0.1) is 6.92 Å². The van der Waals surface area contributed by atoms with E-state index in [9.17, 15) is 4.79 Å². The predicted octanol–water partition coefficient (Wildman–Crippen LogP) is 6.45. The number of hydrogen-bond acceptors (Lipinski definition) is 4. The third-order valence-corrected chi connectivity index (χ3v) is 5.75. The lowest BCUT2D eigenvalue weighted by Gasteiger charge is -2.04. The molecular weight excluding hydrogens is 404 g/mol. The topological polar surface area (TPSA) is 51.2 Å². The molecule has 0 unspecified atom stereocenters. The van der Waals surface area contributed by atoms with Crippen LogP contribution in [0.25, 0.3) is 27.9 Å². The summed E-state index contributed by atoms with van der Waals surface area (Å²) in [6.07, 6.45) is 3.29. The number of ether oxygens (including phenoxy) is 1. The molecule has 0 spiro atoms. The number of benzene rings is 3. The molecule has 0 atom stereocenters. The maximum atomic E-state index is 12.2. The zero-order valence-corrected chi connectivity index (χ0v) is 18.1. The summed E-state index contributed by atoms with van der Waals surface area (Å²) in [4.78, 5) is 17.0. The smallest absolute Gasteiger partial charge is 0.248 e. The predicted molar refractivity (Wildman–Crippen MR) is 128 cm³/mol. The van der Waals surface area contributed by atoms with Crippen LogP contribution >= 0.6 is 11.3 Å². The summed E-state index contributed by atoms with van der Waals surface area (Å²) in [7, 11) is 1.63. The number of nitrogens with zero attached hydrogens (tertiary/aromatic N) is 1. The lowest BCUT2D eigenvalue weighted by molar-refractivity contribution is -0.111. The molecule has 4 nitrogen and oxygen atoms in total. The molecule has 4 aromatic rings. The van der Waals surface area contributed by atoms with Gasteiger partial charge in [0.2, 0.25) is 5.91 Å². The summed E-state index contributed by atoms with van der Waals surface area (Å²) in [6.45, 7) is 2.09. The third-order valence-electron chi connectivity index (χ3n) is 4.87. The molecule has 154 valence electrons. The molecule has 4 rings (SSSR count). The highest BCUT2D eigenvalue weighted by Crippen LogP contribution is 2.31. The Kier molecular flexibility index (Phi) is 6.24. The van der Waals surface area contributed by atoms with Crippen LogP contribution < -0.4 is 10.1 Å². The van der Waals surface area contributed by atoms with Crippen LogP contribution in [0.3, 0.4) is 0 Å². The number of aromatic nitrogens is 1. The third kappa shape index (κ3) is 5.08. The minimum absolute atomic E-state index is 0.181. The summed E-state index contributed by atoms with van der Waals surface area (Å²) in [5, 5.41) is 5.95. The first kappa shape index (κ1) is 20.6. The van der Waals surface area contributed by atoms with Gasteiger partial charge < -0.3 is 10.1 Å². The minimum Gasteiger partial charge on any atom is -0.497 e. The molecule has 1 aromatic heterocycles. The monoisotopic (exact) mass is 426 g/mol. The number of aryl methyl sites for hydroxylation is 1. The van der Waals surface area contributed by atoms with Crippen molar-refractivity contribution in [1.29, 1.82) is 0 Å². The molecule has 3 aromatic carbocycles. The van der Waals surface area contributed by atoms with Crippen molar-refractivity contribution in [3.8, 4) is 27.6 Å². The van der Waals surface area contributed by atoms with E-state index < -0.39 is 0 Å². The molecule has 0 aliphatic rings. The average Bonchev–Trinajstić information content (AvgIpc) is 3.29. The molecule has 1 N–H and O–H groups in total. The van der Waals surface area contributed by atoms with Crippen molar-refractivity contribution in [2.24, 2.45) is 0 Å². The Morgan fingerprint density at radius 1 is 1.00 bits per heavy atom. The highest BCUT2D eigenvalue weighted by atomic mass is 32.1. The Hall–Kier alpha value is -3.70. The van der Waals surface area contributed by atoms with Crippen molar-refractivity contribution in [2.75, 3.05) is 12.4 Å². The number of hydrogen-bond donors (Lipinski definition) is 1. The van der Waals surface area contributed by atoms with Gasteiger partial charge in [-0.25, -0.2) is 4.98 Å². The number of carbonyl (C=O) groups is 1. The molecule has 5 heteroatoms. The van der Waals surface area contributed by atoms with E-state index in [4.69, 9.17) is 9.72 Å². The maximum absolute atomic E-state index is 12.2. The Labute approximate surface area is 185 Å². The summed E-state index contributed by atoms with van der Waals surface area (Å²) >= 11 is 1.64. The number of nitrogens with one attached hydrogen (secondary N) is 1. The van der Waals surface area contributed by atoms with Gasteiger partial charge in [-0.15, -0.1) is 11.3 Å². The van der Waals surface area contributed by atoms with Gasteiger partial charge in [-0.2, -0.15) is 0 Å². The van der Waals surface area contributed by atoms with Gasteiger partial charge in [0.15, 0.2) is 0 Å². The molecule has 1 heterocycles. The molecule has 1 amide bonds. The van der Waals surface area contributed by atoms with E-state index in [0.717, 1.165) is 38.8 Å². The summed E-state index contributed by atoms with van der Waals surface area (Å²) in [5.41, 5.74) is 5.99. The minimum atomic E-state index is -0.181. The van der Waals surface area contributed by atoms with Crippen molar-refractivity contribution < 1.29 is 9.53 Å². The van der Waals surface area contributed by atoms with E-state index in [-0.39, 0.29) is 5.91 Å². The molecule has 0 bridgehead atoms. The number of methoxy groups -OCH3 is 1. The van der Waals surface area contributed by atoms with Crippen LogP contribution in [-0.4, -0.2) is 18.0 Å². The molecule has 0 saturated carbocycles. The van der Waals surface area contributed by atoms with Gasteiger partial charge in [-0.1, -0.05) is 48.5 Å². The summed E-state index contributed by atoms with van der Waals surface area (Å²) < 4.78 is 5.14. The molecule has 0 saturated heterocycles. The quantitative estimate of drug-likeness (QED) is 0.361. The van der Waals surface area contributed by atoms with E-state index >= 15 is 0 Å². The van der Waals surface area contributed by atoms with Gasteiger partial charge in [0.1, 0.15) is 10.8 Å². The SMILES string of the molecule is COc1ccc(/C=C/C(=O)Nc2ccc(-c3csc(-c4ccccc4C)n3)cc2)cc1. The lowest BCUT2D eigenvalue weighted by Crippen LogP contribution is -2.07. The van der Waals surface area contributed by atoms with E-state index in [2.05, 4.69) is 29.8 Å². The molecular formula is C26H22N2O2S.